The van der Waals surface area contributed by atoms with Crippen LogP contribution in [0.25, 0.3) is 0 Å². The van der Waals surface area contributed by atoms with Gasteiger partial charge in [-0.05, 0) is 68.1 Å². The summed E-state index contributed by atoms with van der Waals surface area (Å²) in [5.74, 6) is 0.458. The van der Waals surface area contributed by atoms with Gasteiger partial charge in [-0.15, -0.1) is 0 Å². The minimum atomic E-state index is -3.64. The van der Waals surface area contributed by atoms with Gasteiger partial charge in [0, 0.05) is 36.9 Å². The molecular weight excluding hydrogens is 420 g/mol. The zero-order valence-corrected chi connectivity index (χ0v) is 19.8. The molecule has 0 atom stereocenters. The fraction of sp³-hybridized carbons (Fsp3) is 0.478. The van der Waals surface area contributed by atoms with Gasteiger partial charge >= 0.3 is 0 Å². The largest absolute Gasteiger partial charge is 0.492 e. The third-order valence-electron chi connectivity index (χ3n) is 5.75. The van der Waals surface area contributed by atoms with Crippen molar-refractivity contribution in [1.82, 2.24) is 4.31 Å². The summed E-state index contributed by atoms with van der Waals surface area (Å²) < 4.78 is 34.4. The Hall–Kier alpha value is -1.76. The van der Waals surface area contributed by atoms with E-state index in [-0.39, 0.29) is 4.90 Å². The van der Waals surface area contributed by atoms with Crippen molar-refractivity contribution in [2.24, 2.45) is 0 Å². The second-order valence-electron chi connectivity index (χ2n) is 7.86. The molecule has 1 heterocycles. The number of hydrogen-bond acceptors (Lipinski definition) is 4. The summed E-state index contributed by atoms with van der Waals surface area (Å²) in [6.45, 7) is 10.6. The molecule has 3 rings (SSSR count). The van der Waals surface area contributed by atoms with Crippen molar-refractivity contribution in [2.45, 2.75) is 45.4 Å². The van der Waals surface area contributed by atoms with Crippen LogP contribution in [0.3, 0.4) is 0 Å². The van der Waals surface area contributed by atoms with Crippen LogP contribution in [0.4, 0.5) is 5.69 Å². The Bertz CT molecular complexity index is 1000. The molecule has 7 heteroatoms. The molecule has 30 heavy (non-hydrogen) atoms. The number of unbranched alkanes of at least 4 members (excludes halogenated alkanes) is 1. The van der Waals surface area contributed by atoms with Crippen molar-refractivity contribution in [3.63, 3.8) is 0 Å². The lowest BCUT2D eigenvalue weighted by molar-refractivity contribution is 0.299. The first kappa shape index (κ1) is 22.9. The van der Waals surface area contributed by atoms with Crippen LogP contribution in [0.1, 0.15) is 36.5 Å². The summed E-state index contributed by atoms with van der Waals surface area (Å²) in [4.78, 5) is 2.47. The lowest BCUT2D eigenvalue weighted by Crippen LogP contribution is -2.49. The molecule has 1 aliphatic heterocycles. The Morgan fingerprint density at radius 3 is 2.37 bits per heavy atom. The lowest BCUT2D eigenvalue weighted by Gasteiger charge is -2.36. The minimum absolute atomic E-state index is 0.272. The van der Waals surface area contributed by atoms with E-state index in [1.165, 1.54) is 0 Å². The Balaban J connectivity index is 1.81. The zero-order chi connectivity index (χ0) is 21.9. The standard InChI is InChI=1S/C23H31ClN2O3S/c1-5-6-14-29-22-15-17(2)18(3)16-23(22)30(27,28)26-12-10-25(11-13-26)21-9-7-8-20(24)19(21)4/h7-9,15-16H,5-6,10-14H2,1-4H3. The molecule has 0 bridgehead atoms. The summed E-state index contributed by atoms with van der Waals surface area (Å²) in [7, 11) is -3.64. The highest BCUT2D eigenvalue weighted by Crippen LogP contribution is 2.32. The van der Waals surface area contributed by atoms with Gasteiger partial charge in [-0.25, -0.2) is 8.42 Å². The van der Waals surface area contributed by atoms with E-state index in [1.54, 1.807) is 10.4 Å². The van der Waals surface area contributed by atoms with Crippen molar-refractivity contribution in [3.05, 3.63) is 52.0 Å². The minimum Gasteiger partial charge on any atom is -0.492 e. The van der Waals surface area contributed by atoms with Gasteiger partial charge in [0.05, 0.1) is 6.61 Å². The number of nitrogens with zero attached hydrogens (tertiary/aromatic N) is 2. The van der Waals surface area contributed by atoms with Crippen LogP contribution in [0, 0.1) is 20.8 Å². The van der Waals surface area contributed by atoms with E-state index >= 15 is 0 Å². The quantitative estimate of drug-likeness (QED) is 0.559. The molecule has 0 spiro atoms. The summed E-state index contributed by atoms with van der Waals surface area (Å²) in [6, 6.07) is 9.45. The van der Waals surface area contributed by atoms with Crippen LogP contribution in [-0.4, -0.2) is 45.5 Å². The van der Waals surface area contributed by atoms with Crippen molar-refractivity contribution in [1.29, 1.82) is 0 Å². The number of aryl methyl sites for hydroxylation is 2. The summed E-state index contributed by atoms with van der Waals surface area (Å²) in [5.41, 5.74) is 4.07. The molecule has 2 aromatic rings. The number of halogens is 1. The van der Waals surface area contributed by atoms with Gasteiger partial charge in [0.1, 0.15) is 10.6 Å². The number of ether oxygens (including phenoxy) is 1. The van der Waals surface area contributed by atoms with E-state index in [0.717, 1.165) is 40.2 Å². The SMILES string of the molecule is CCCCOc1cc(C)c(C)cc1S(=O)(=O)N1CCN(c2cccc(Cl)c2C)CC1. The third-order valence-corrected chi connectivity index (χ3v) is 8.08. The molecule has 164 valence electrons. The van der Waals surface area contributed by atoms with E-state index in [4.69, 9.17) is 16.3 Å². The van der Waals surface area contributed by atoms with Gasteiger partial charge in [-0.1, -0.05) is 31.0 Å². The second-order valence-corrected chi connectivity index (χ2v) is 10.2. The maximum Gasteiger partial charge on any atom is 0.246 e. The average molecular weight is 451 g/mol. The van der Waals surface area contributed by atoms with Gasteiger partial charge in [0.15, 0.2) is 0 Å². The van der Waals surface area contributed by atoms with Gasteiger partial charge < -0.3 is 9.64 Å². The molecule has 1 saturated heterocycles. The predicted octanol–water partition coefficient (Wildman–Crippen LogP) is 4.96. The fourth-order valence-electron chi connectivity index (χ4n) is 3.65. The highest BCUT2D eigenvalue weighted by molar-refractivity contribution is 7.89. The number of piperazine rings is 1. The molecule has 0 saturated carbocycles. The molecule has 0 aliphatic carbocycles. The average Bonchev–Trinajstić information content (AvgIpc) is 2.72. The highest BCUT2D eigenvalue weighted by Gasteiger charge is 2.32. The van der Waals surface area contributed by atoms with E-state index in [9.17, 15) is 8.42 Å². The monoisotopic (exact) mass is 450 g/mol. The van der Waals surface area contributed by atoms with E-state index in [2.05, 4.69) is 11.8 Å². The smallest absolute Gasteiger partial charge is 0.246 e. The topological polar surface area (TPSA) is 49.9 Å². The maximum atomic E-state index is 13.5. The number of sulfonamides is 1. The fourth-order valence-corrected chi connectivity index (χ4v) is 5.44. The molecule has 2 aromatic carbocycles. The van der Waals surface area contributed by atoms with Crippen molar-refractivity contribution < 1.29 is 13.2 Å². The third kappa shape index (κ3) is 4.76. The summed E-state index contributed by atoms with van der Waals surface area (Å²) >= 11 is 6.26. The molecule has 0 aromatic heterocycles. The maximum absolute atomic E-state index is 13.5. The van der Waals surface area contributed by atoms with Gasteiger partial charge in [-0.2, -0.15) is 4.31 Å². The van der Waals surface area contributed by atoms with Crippen LogP contribution in [0.5, 0.6) is 5.75 Å². The van der Waals surface area contributed by atoms with Gasteiger partial charge in [0.25, 0.3) is 0 Å². The van der Waals surface area contributed by atoms with Crippen molar-refractivity contribution in [2.75, 3.05) is 37.7 Å². The first-order chi connectivity index (χ1) is 14.3. The number of anilines is 1. The van der Waals surface area contributed by atoms with Crippen LogP contribution < -0.4 is 9.64 Å². The van der Waals surface area contributed by atoms with Crippen LogP contribution >= 0.6 is 11.6 Å². The first-order valence-corrected chi connectivity index (χ1v) is 12.3. The molecule has 0 radical (unpaired) electrons. The molecule has 0 unspecified atom stereocenters. The Labute approximate surface area is 185 Å². The highest BCUT2D eigenvalue weighted by atomic mass is 35.5. The molecule has 1 aliphatic rings. The number of benzene rings is 2. The summed E-state index contributed by atoms with van der Waals surface area (Å²) in [5, 5.41) is 0.728. The van der Waals surface area contributed by atoms with Crippen molar-refractivity contribution >= 4 is 27.3 Å². The Kier molecular flexibility index (Phi) is 7.32. The normalized spacial score (nSPS) is 15.4. The zero-order valence-electron chi connectivity index (χ0n) is 18.2. The molecule has 0 amide bonds. The summed E-state index contributed by atoms with van der Waals surface area (Å²) in [6.07, 6.45) is 1.89. The van der Waals surface area contributed by atoms with Crippen LogP contribution in [-0.2, 0) is 10.0 Å². The lowest BCUT2D eigenvalue weighted by atomic mass is 10.1. The van der Waals surface area contributed by atoms with Gasteiger partial charge in [0.2, 0.25) is 10.0 Å². The number of rotatable bonds is 7. The van der Waals surface area contributed by atoms with Crippen molar-refractivity contribution in [3.8, 4) is 5.75 Å². The second kappa shape index (κ2) is 9.58. The van der Waals surface area contributed by atoms with Gasteiger partial charge in [-0.3, -0.25) is 0 Å². The predicted molar refractivity (Wildman–Crippen MR) is 123 cm³/mol. The van der Waals surface area contributed by atoms with E-state index in [0.29, 0.717) is 38.5 Å². The Morgan fingerprint density at radius 1 is 1.03 bits per heavy atom. The molecule has 0 N–H and O–H groups in total. The molecule has 5 nitrogen and oxygen atoms in total. The van der Waals surface area contributed by atoms with Crippen LogP contribution in [0.2, 0.25) is 5.02 Å². The number of hydrogen-bond donors (Lipinski definition) is 0. The van der Waals surface area contributed by atoms with E-state index in [1.807, 2.05) is 45.0 Å². The van der Waals surface area contributed by atoms with Crippen LogP contribution in [0.15, 0.2) is 35.2 Å². The van der Waals surface area contributed by atoms with E-state index < -0.39 is 10.0 Å². The molecule has 1 fully saturated rings. The molecular formula is C23H31ClN2O3S. The first-order valence-electron chi connectivity index (χ1n) is 10.5. The Morgan fingerprint density at radius 2 is 1.70 bits per heavy atom.